The maximum absolute atomic E-state index is 12.8. The number of nitrogens with zero attached hydrogens (tertiary/aromatic N) is 1. The first-order valence-electron chi connectivity index (χ1n) is 7.55. The van der Waals surface area contributed by atoms with Crippen LogP contribution in [0, 0.1) is 5.82 Å². The third-order valence-corrected chi connectivity index (χ3v) is 3.87. The van der Waals surface area contributed by atoms with E-state index in [0.717, 1.165) is 0 Å². The van der Waals surface area contributed by atoms with E-state index in [9.17, 15) is 14.0 Å². The molecule has 0 bridgehead atoms. The standard InChI is InChI=1S/C17H16FNO5/c18-11-3-5-12(6-4-11)23-10-13-7-8-15(24-13)16(20)19-9-1-2-14(19)17(21)22/h3-8,14H,1-2,9-10H2,(H,21,22)/t14-/m0/s1. The summed E-state index contributed by atoms with van der Waals surface area (Å²) in [7, 11) is 0. The van der Waals surface area contributed by atoms with E-state index in [1.165, 1.54) is 35.2 Å². The summed E-state index contributed by atoms with van der Waals surface area (Å²) < 4.78 is 23.7. The largest absolute Gasteiger partial charge is 0.486 e. The average molecular weight is 333 g/mol. The Morgan fingerprint density at radius 2 is 2.00 bits per heavy atom. The van der Waals surface area contributed by atoms with E-state index in [1.807, 2.05) is 0 Å². The van der Waals surface area contributed by atoms with Crippen LogP contribution >= 0.6 is 0 Å². The summed E-state index contributed by atoms with van der Waals surface area (Å²) in [5.41, 5.74) is 0. The zero-order chi connectivity index (χ0) is 17.1. The minimum absolute atomic E-state index is 0.0841. The minimum Gasteiger partial charge on any atom is -0.486 e. The fourth-order valence-electron chi connectivity index (χ4n) is 2.66. The molecule has 1 aliphatic heterocycles. The number of halogens is 1. The van der Waals surface area contributed by atoms with Crippen LogP contribution in [-0.2, 0) is 11.4 Å². The highest BCUT2D eigenvalue weighted by Crippen LogP contribution is 2.22. The minimum atomic E-state index is -1.01. The monoisotopic (exact) mass is 333 g/mol. The molecular formula is C17H16FNO5. The van der Waals surface area contributed by atoms with Crippen molar-refractivity contribution in [3.8, 4) is 5.75 Å². The zero-order valence-electron chi connectivity index (χ0n) is 12.8. The molecule has 0 spiro atoms. The topological polar surface area (TPSA) is 80.0 Å². The number of carbonyl (C=O) groups is 2. The maximum Gasteiger partial charge on any atom is 0.326 e. The Balaban J connectivity index is 1.63. The molecule has 3 rings (SSSR count). The van der Waals surface area contributed by atoms with Gasteiger partial charge in [0.25, 0.3) is 5.91 Å². The van der Waals surface area contributed by atoms with Crippen molar-refractivity contribution in [3.05, 3.63) is 53.7 Å². The number of carboxylic acids is 1. The molecule has 7 heteroatoms. The smallest absolute Gasteiger partial charge is 0.326 e. The summed E-state index contributed by atoms with van der Waals surface area (Å²) in [6.07, 6.45) is 1.10. The van der Waals surface area contributed by atoms with Crippen molar-refractivity contribution in [3.63, 3.8) is 0 Å². The molecule has 6 nitrogen and oxygen atoms in total. The Bertz CT molecular complexity index is 740. The zero-order valence-corrected chi connectivity index (χ0v) is 12.8. The number of hydrogen-bond donors (Lipinski definition) is 1. The van der Waals surface area contributed by atoms with E-state index in [-0.39, 0.29) is 18.2 Å². The summed E-state index contributed by atoms with van der Waals surface area (Å²) in [5.74, 6) is -0.812. The number of hydrogen-bond acceptors (Lipinski definition) is 4. The Morgan fingerprint density at radius 1 is 1.25 bits per heavy atom. The van der Waals surface area contributed by atoms with Crippen LogP contribution in [-0.4, -0.2) is 34.5 Å². The number of furan rings is 1. The first-order valence-corrected chi connectivity index (χ1v) is 7.55. The quantitative estimate of drug-likeness (QED) is 0.910. The fourth-order valence-corrected chi connectivity index (χ4v) is 2.66. The highest BCUT2D eigenvalue weighted by Gasteiger charge is 2.35. The van der Waals surface area contributed by atoms with Crippen molar-refractivity contribution in [1.82, 2.24) is 4.90 Å². The van der Waals surface area contributed by atoms with Crippen molar-refractivity contribution in [2.45, 2.75) is 25.5 Å². The number of aliphatic carboxylic acids is 1. The summed E-state index contributed by atoms with van der Waals surface area (Å²) in [5, 5.41) is 9.14. The van der Waals surface area contributed by atoms with Gasteiger partial charge in [0.2, 0.25) is 0 Å². The lowest BCUT2D eigenvalue weighted by Crippen LogP contribution is -2.40. The molecule has 1 atom stereocenters. The number of benzene rings is 1. The normalized spacial score (nSPS) is 17.0. The van der Waals surface area contributed by atoms with Crippen LogP contribution in [0.3, 0.4) is 0 Å². The number of amides is 1. The molecule has 0 radical (unpaired) electrons. The second-order valence-electron chi connectivity index (χ2n) is 5.50. The highest BCUT2D eigenvalue weighted by atomic mass is 19.1. The average Bonchev–Trinajstić information content (AvgIpc) is 3.23. The molecule has 24 heavy (non-hydrogen) atoms. The number of carbonyl (C=O) groups excluding carboxylic acids is 1. The number of rotatable bonds is 5. The van der Waals surface area contributed by atoms with Gasteiger partial charge in [0.05, 0.1) is 0 Å². The molecular weight excluding hydrogens is 317 g/mol. The first-order chi connectivity index (χ1) is 11.5. The van der Waals surface area contributed by atoms with Crippen LogP contribution in [0.2, 0.25) is 0 Å². The van der Waals surface area contributed by atoms with Gasteiger partial charge in [0.1, 0.15) is 30.0 Å². The van der Waals surface area contributed by atoms with E-state index in [2.05, 4.69) is 0 Å². The number of carboxylic acid groups (broad SMARTS) is 1. The Kier molecular flexibility index (Phi) is 4.50. The molecule has 126 valence electrons. The van der Waals surface area contributed by atoms with Gasteiger partial charge in [0, 0.05) is 6.54 Å². The van der Waals surface area contributed by atoms with Crippen LogP contribution in [0.1, 0.15) is 29.2 Å². The molecule has 2 heterocycles. The lowest BCUT2D eigenvalue weighted by atomic mass is 10.2. The second kappa shape index (κ2) is 6.74. The second-order valence-corrected chi connectivity index (χ2v) is 5.50. The first kappa shape index (κ1) is 16.0. The Labute approximate surface area is 137 Å². The molecule has 0 saturated carbocycles. The van der Waals surface area contributed by atoms with Crippen molar-refractivity contribution >= 4 is 11.9 Å². The van der Waals surface area contributed by atoms with Gasteiger partial charge in [-0.15, -0.1) is 0 Å². The van der Waals surface area contributed by atoms with Gasteiger partial charge < -0.3 is 19.2 Å². The maximum atomic E-state index is 12.8. The summed E-state index contributed by atoms with van der Waals surface area (Å²) in [4.78, 5) is 24.8. The number of ether oxygens (including phenoxy) is 1. The summed E-state index contributed by atoms with van der Waals surface area (Å²) in [6.45, 7) is 0.485. The van der Waals surface area contributed by atoms with Gasteiger partial charge in [-0.25, -0.2) is 9.18 Å². The van der Waals surface area contributed by atoms with Gasteiger partial charge in [-0.3, -0.25) is 4.79 Å². The lowest BCUT2D eigenvalue weighted by Gasteiger charge is -2.19. The van der Waals surface area contributed by atoms with Gasteiger partial charge >= 0.3 is 5.97 Å². The fraction of sp³-hybridized carbons (Fsp3) is 0.294. The molecule has 1 aromatic heterocycles. The van der Waals surface area contributed by atoms with Crippen LogP contribution in [0.25, 0.3) is 0 Å². The van der Waals surface area contributed by atoms with Gasteiger partial charge in [-0.1, -0.05) is 0 Å². The summed E-state index contributed by atoms with van der Waals surface area (Å²) in [6, 6.07) is 7.85. The van der Waals surface area contributed by atoms with E-state index in [1.54, 1.807) is 6.07 Å². The molecule has 1 amide bonds. The van der Waals surface area contributed by atoms with Crippen molar-refractivity contribution < 1.29 is 28.2 Å². The Morgan fingerprint density at radius 3 is 2.71 bits per heavy atom. The van der Waals surface area contributed by atoms with Crippen molar-refractivity contribution in [1.29, 1.82) is 0 Å². The molecule has 2 aromatic rings. The molecule has 0 unspecified atom stereocenters. The van der Waals surface area contributed by atoms with E-state index in [4.69, 9.17) is 14.3 Å². The molecule has 1 aliphatic rings. The number of likely N-dealkylation sites (tertiary alicyclic amines) is 1. The van der Waals surface area contributed by atoms with Crippen LogP contribution in [0.5, 0.6) is 5.75 Å². The highest BCUT2D eigenvalue weighted by molar-refractivity contribution is 5.94. The molecule has 1 fully saturated rings. The van der Waals surface area contributed by atoms with Crippen LogP contribution in [0.4, 0.5) is 4.39 Å². The summed E-state index contributed by atoms with van der Waals surface area (Å²) >= 11 is 0. The lowest BCUT2D eigenvalue weighted by molar-refractivity contribution is -0.141. The molecule has 0 aliphatic carbocycles. The predicted octanol–water partition coefficient (Wildman–Crippen LogP) is 2.69. The Hall–Kier alpha value is -2.83. The molecule has 1 N–H and O–H groups in total. The SMILES string of the molecule is O=C(O)[C@@H]1CCCN1C(=O)c1ccc(COc2ccc(F)cc2)o1. The van der Waals surface area contributed by atoms with Crippen molar-refractivity contribution in [2.75, 3.05) is 6.54 Å². The van der Waals surface area contributed by atoms with Crippen LogP contribution < -0.4 is 4.74 Å². The van der Waals surface area contributed by atoms with Gasteiger partial charge in [-0.05, 0) is 49.2 Å². The van der Waals surface area contributed by atoms with Crippen molar-refractivity contribution in [2.24, 2.45) is 0 Å². The van der Waals surface area contributed by atoms with E-state index >= 15 is 0 Å². The van der Waals surface area contributed by atoms with Crippen LogP contribution in [0.15, 0.2) is 40.8 Å². The van der Waals surface area contributed by atoms with Gasteiger partial charge in [0.15, 0.2) is 5.76 Å². The third-order valence-electron chi connectivity index (χ3n) is 3.87. The molecule has 1 saturated heterocycles. The predicted molar refractivity (Wildman–Crippen MR) is 81.1 cm³/mol. The molecule has 1 aromatic carbocycles. The third kappa shape index (κ3) is 3.40. The van der Waals surface area contributed by atoms with E-state index < -0.39 is 17.9 Å². The van der Waals surface area contributed by atoms with E-state index in [0.29, 0.717) is 30.9 Å². The van der Waals surface area contributed by atoms with Gasteiger partial charge in [-0.2, -0.15) is 0 Å².